The number of hydrogen-bond donors (Lipinski definition) is 2. The van der Waals surface area contributed by atoms with Gasteiger partial charge in [0.25, 0.3) is 0 Å². The van der Waals surface area contributed by atoms with Crippen LogP contribution in [-0.4, -0.2) is 17.3 Å². The van der Waals surface area contributed by atoms with E-state index in [1.165, 1.54) is 0 Å². The van der Waals surface area contributed by atoms with E-state index < -0.39 is 0 Å². The predicted octanol–water partition coefficient (Wildman–Crippen LogP) is 3.32. The van der Waals surface area contributed by atoms with E-state index in [4.69, 9.17) is 23.2 Å². The molecule has 0 bridgehead atoms. The zero-order chi connectivity index (χ0) is 10.8. The summed E-state index contributed by atoms with van der Waals surface area (Å²) in [6.45, 7) is 0. The van der Waals surface area contributed by atoms with Crippen LogP contribution in [0, 0.1) is 0 Å². The maximum atomic E-state index is 9.67. The average Bonchev–Trinajstić information content (AvgIpc) is 2.60. The minimum Gasteiger partial charge on any atom is -0.391 e. The van der Waals surface area contributed by atoms with Gasteiger partial charge in [0.05, 0.1) is 27.9 Å². The second kappa shape index (κ2) is 4.60. The van der Waals surface area contributed by atoms with Gasteiger partial charge in [-0.25, -0.2) is 0 Å². The van der Waals surface area contributed by atoms with Gasteiger partial charge in [-0.3, -0.25) is 0 Å². The maximum Gasteiger partial charge on any atom is 0.0823 e. The lowest BCUT2D eigenvalue weighted by Crippen LogP contribution is -2.27. The molecule has 0 aliphatic heterocycles. The third-order valence-electron chi connectivity index (χ3n) is 2.77. The summed E-state index contributed by atoms with van der Waals surface area (Å²) in [5, 5.41) is 14.0. The molecular weight excluding hydrogens is 233 g/mol. The van der Waals surface area contributed by atoms with Crippen LogP contribution in [0.4, 0.5) is 5.69 Å². The molecule has 2 atom stereocenters. The fourth-order valence-corrected chi connectivity index (χ4v) is 2.28. The SMILES string of the molecule is OC1CCCC1Nc1cccc(Cl)c1Cl. The molecule has 1 aliphatic rings. The van der Waals surface area contributed by atoms with Crippen LogP contribution in [0.3, 0.4) is 0 Å². The molecule has 0 saturated heterocycles. The second-order valence-electron chi connectivity index (χ2n) is 3.85. The summed E-state index contributed by atoms with van der Waals surface area (Å²) in [5.41, 5.74) is 0.801. The third-order valence-corrected chi connectivity index (χ3v) is 3.59. The van der Waals surface area contributed by atoms with Crippen LogP contribution in [0.1, 0.15) is 19.3 Å². The number of anilines is 1. The molecule has 0 spiro atoms. The normalized spacial score (nSPS) is 25.5. The second-order valence-corrected chi connectivity index (χ2v) is 4.64. The smallest absolute Gasteiger partial charge is 0.0823 e. The molecule has 15 heavy (non-hydrogen) atoms. The fraction of sp³-hybridized carbons (Fsp3) is 0.455. The number of nitrogens with one attached hydrogen (secondary N) is 1. The van der Waals surface area contributed by atoms with Crippen molar-refractivity contribution < 1.29 is 5.11 Å². The van der Waals surface area contributed by atoms with Gasteiger partial charge in [0.1, 0.15) is 0 Å². The Balaban J connectivity index is 2.13. The molecule has 0 heterocycles. The molecule has 2 nitrogen and oxygen atoms in total. The standard InChI is InChI=1S/C11H13Cl2NO/c12-7-3-1-5-9(11(7)13)14-8-4-2-6-10(8)15/h1,3,5,8,10,14-15H,2,4,6H2. The first-order valence-corrected chi connectivity index (χ1v) is 5.82. The van der Waals surface area contributed by atoms with Gasteiger partial charge in [0.2, 0.25) is 0 Å². The van der Waals surface area contributed by atoms with Crippen molar-refractivity contribution in [3.05, 3.63) is 28.2 Å². The summed E-state index contributed by atoms with van der Waals surface area (Å²) >= 11 is 11.9. The third kappa shape index (κ3) is 2.39. The molecule has 2 unspecified atom stereocenters. The van der Waals surface area contributed by atoms with Crippen LogP contribution in [0.2, 0.25) is 10.0 Å². The molecule has 1 aliphatic carbocycles. The quantitative estimate of drug-likeness (QED) is 0.838. The average molecular weight is 246 g/mol. The molecule has 1 saturated carbocycles. The van der Waals surface area contributed by atoms with E-state index in [0.29, 0.717) is 10.0 Å². The predicted molar refractivity (Wildman–Crippen MR) is 63.7 cm³/mol. The minimum absolute atomic E-state index is 0.0981. The highest BCUT2D eigenvalue weighted by Crippen LogP contribution is 2.32. The number of hydrogen-bond acceptors (Lipinski definition) is 2. The zero-order valence-corrected chi connectivity index (χ0v) is 9.72. The number of rotatable bonds is 2. The summed E-state index contributed by atoms with van der Waals surface area (Å²) < 4.78 is 0. The Morgan fingerprint density at radius 1 is 1.27 bits per heavy atom. The highest BCUT2D eigenvalue weighted by Gasteiger charge is 2.25. The van der Waals surface area contributed by atoms with Gasteiger partial charge in [0.15, 0.2) is 0 Å². The first-order valence-electron chi connectivity index (χ1n) is 5.07. The van der Waals surface area contributed by atoms with Crippen LogP contribution in [0.25, 0.3) is 0 Å². The molecule has 0 radical (unpaired) electrons. The molecule has 82 valence electrons. The van der Waals surface area contributed by atoms with Crippen molar-refractivity contribution in [1.82, 2.24) is 0 Å². The molecule has 1 aromatic carbocycles. The Hall–Kier alpha value is -0.440. The van der Waals surface area contributed by atoms with Crippen molar-refractivity contribution in [1.29, 1.82) is 0 Å². The Bertz CT molecular complexity index is 356. The van der Waals surface area contributed by atoms with Crippen molar-refractivity contribution in [3.8, 4) is 0 Å². The van der Waals surface area contributed by atoms with Crippen molar-refractivity contribution in [2.75, 3.05) is 5.32 Å². The molecule has 0 amide bonds. The van der Waals surface area contributed by atoms with E-state index >= 15 is 0 Å². The Morgan fingerprint density at radius 2 is 2.07 bits per heavy atom. The van der Waals surface area contributed by atoms with Gasteiger partial charge in [-0.15, -0.1) is 0 Å². The van der Waals surface area contributed by atoms with Crippen molar-refractivity contribution in [2.45, 2.75) is 31.4 Å². The van der Waals surface area contributed by atoms with E-state index in [9.17, 15) is 5.11 Å². The lowest BCUT2D eigenvalue weighted by molar-refractivity contribution is 0.172. The lowest BCUT2D eigenvalue weighted by atomic mass is 10.2. The van der Waals surface area contributed by atoms with Crippen molar-refractivity contribution in [2.24, 2.45) is 0 Å². The molecule has 1 fully saturated rings. The molecule has 1 aromatic rings. The van der Waals surface area contributed by atoms with Gasteiger partial charge in [-0.05, 0) is 31.4 Å². The lowest BCUT2D eigenvalue weighted by Gasteiger charge is -2.18. The number of halogens is 2. The van der Waals surface area contributed by atoms with Crippen molar-refractivity contribution >= 4 is 28.9 Å². The first-order chi connectivity index (χ1) is 7.18. The van der Waals surface area contributed by atoms with Crippen LogP contribution in [0.15, 0.2) is 18.2 Å². The topological polar surface area (TPSA) is 32.3 Å². The fourth-order valence-electron chi connectivity index (χ4n) is 1.92. The number of aliphatic hydroxyl groups excluding tert-OH is 1. The van der Waals surface area contributed by atoms with Gasteiger partial charge in [-0.2, -0.15) is 0 Å². The minimum atomic E-state index is -0.278. The maximum absolute atomic E-state index is 9.67. The van der Waals surface area contributed by atoms with Crippen LogP contribution in [0.5, 0.6) is 0 Å². The highest BCUT2D eigenvalue weighted by molar-refractivity contribution is 6.43. The largest absolute Gasteiger partial charge is 0.391 e. The first kappa shape index (κ1) is 11.1. The van der Waals surface area contributed by atoms with E-state index in [1.807, 2.05) is 12.1 Å². The molecule has 0 aromatic heterocycles. The van der Waals surface area contributed by atoms with Crippen LogP contribution >= 0.6 is 23.2 Å². The van der Waals surface area contributed by atoms with Gasteiger partial charge < -0.3 is 10.4 Å². The van der Waals surface area contributed by atoms with E-state index in [-0.39, 0.29) is 12.1 Å². The molecule has 2 rings (SSSR count). The van der Waals surface area contributed by atoms with Crippen LogP contribution in [-0.2, 0) is 0 Å². The molecule has 4 heteroatoms. The van der Waals surface area contributed by atoms with Crippen LogP contribution < -0.4 is 5.32 Å². The van der Waals surface area contributed by atoms with Crippen molar-refractivity contribution in [3.63, 3.8) is 0 Å². The van der Waals surface area contributed by atoms with E-state index in [0.717, 1.165) is 24.9 Å². The number of benzene rings is 1. The molecule has 2 N–H and O–H groups in total. The summed E-state index contributed by atoms with van der Waals surface area (Å²) in [7, 11) is 0. The van der Waals surface area contributed by atoms with E-state index in [1.54, 1.807) is 6.07 Å². The Morgan fingerprint density at radius 3 is 2.73 bits per heavy atom. The summed E-state index contributed by atoms with van der Waals surface area (Å²) in [6, 6.07) is 5.57. The molecular formula is C11H13Cl2NO. The van der Waals surface area contributed by atoms with Gasteiger partial charge in [-0.1, -0.05) is 29.3 Å². The Labute approximate surface area is 99.2 Å². The van der Waals surface area contributed by atoms with Gasteiger partial charge in [0, 0.05) is 0 Å². The summed E-state index contributed by atoms with van der Waals surface area (Å²) in [6.07, 6.45) is 2.61. The highest BCUT2D eigenvalue weighted by atomic mass is 35.5. The van der Waals surface area contributed by atoms with E-state index in [2.05, 4.69) is 5.32 Å². The zero-order valence-electron chi connectivity index (χ0n) is 8.21. The Kier molecular flexibility index (Phi) is 3.39. The number of aliphatic hydroxyl groups is 1. The summed E-state index contributed by atoms with van der Waals surface area (Å²) in [5.74, 6) is 0. The van der Waals surface area contributed by atoms with Gasteiger partial charge >= 0.3 is 0 Å². The summed E-state index contributed by atoms with van der Waals surface area (Å²) in [4.78, 5) is 0. The monoisotopic (exact) mass is 245 g/mol.